The molecule has 2 aromatic rings. The first-order valence-electron chi connectivity index (χ1n) is 8.49. The minimum atomic E-state index is -0.258. The van der Waals surface area contributed by atoms with Gasteiger partial charge in [0.25, 0.3) is 0 Å². The topological polar surface area (TPSA) is 37.4 Å². The van der Waals surface area contributed by atoms with Gasteiger partial charge in [0.2, 0.25) is 11.8 Å². The molecule has 4 heteroatoms. The van der Waals surface area contributed by atoms with Crippen LogP contribution in [0.5, 0.6) is 0 Å². The Morgan fingerprint density at radius 3 is 2.04 bits per heavy atom. The van der Waals surface area contributed by atoms with Crippen molar-refractivity contribution in [3.05, 3.63) is 59.2 Å². The summed E-state index contributed by atoms with van der Waals surface area (Å²) < 4.78 is 0. The summed E-state index contributed by atoms with van der Waals surface area (Å²) in [6.07, 6.45) is 0. The van der Waals surface area contributed by atoms with E-state index in [0.717, 1.165) is 21.8 Å². The van der Waals surface area contributed by atoms with Crippen molar-refractivity contribution in [2.24, 2.45) is 0 Å². The molecule has 2 rings (SSSR count). The van der Waals surface area contributed by atoms with Crippen LogP contribution >= 0.6 is 11.8 Å². The summed E-state index contributed by atoms with van der Waals surface area (Å²) in [6, 6.07) is 14.2. The van der Waals surface area contributed by atoms with Crippen LogP contribution in [0.15, 0.2) is 47.4 Å². The lowest BCUT2D eigenvalue weighted by atomic mass is 10.1. The van der Waals surface area contributed by atoms with Crippen molar-refractivity contribution in [2.45, 2.75) is 52.2 Å². The molecule has 0 N–H and O–H groups in total. The number of thioether (sulfide) groups is 1. The van der Waals surface area contributed by atoms with Crippen LogP contribution in [0, 0.1) is 13.8 Å². The maximum absolute atomic E-state index is 11.9. The fraction of sp³-hybridized carbons (Fsp3) is 0.333. The van der Waals surface area contributed by atoms with Gasteiger partial charge in [0.05, 0.1) is 5.69 Å². The Hall–Kier alpha value is -2.07. The van der Waals surface area contributed by atoms with Gasteiger partial charge < -0.3 is 0 Å². The normalized spacial score (nSPS) is 9.84. The quantitative estimate of drug-likeness (QED) is 0.676. The van der Waals surface area contributed by atoms with E-state index in [4.69, 9.17) is 0 Å². The van der Waals surface area contributed by atoms with Crippen LogP contribution in [-0.2, 0) is 15.3 Å². The van der Waals surface area contributed by atoms with Gasteiger partial charge in [-0.25, -0.2) is 4.90 Å². The van der Waals surface area contributed by atoms with E-state index in [1.165, 1.54) is 24.3 Å². The number of benzene rings is 2. The summed E-state index contributed by atoms with van der Waals surface area (Å²) in [4.78, 5) is 26.1. The highest BCUT2D eigenvalue weighted by molar-refractivity contribution is 7.98. The van der Waals surface area contributed by atoms with Crippen molar-refractivity contribution in [3.8, 4) is 0 Å². The maximum atomic E-state index is 11.9. The third kappa shape index (κ3) is 5.75. The average molecular weight is 358 g/mol. The zero-order chi connectivity index (χ0) is 19.0. The fourth-order valence-electron chi connectivity index (χ4n) is 2.59. The zero-order valence-electron chi connectivity index (χ0n) is 15.9. The number of carbonyl (C=O) groups excluding carboxylic acids is 2. The SMILES string of the molecule is CC.CC(=O)N(C(C)=O)c1c(C)cc(C)cc1SCc1ccccc1. The molecule has 25 heavy (non-hydrogen) atoms. The zero-order valence-corrected chi connectivity index (χ0v) is 16.7. The molecule has 0 saturated heterocycles. The summed E-state index contributed by atoms with van der Waals surface area (Å²) in [5.41, 5.74) is 3.97. The number of nitrogens with zero attached hydrogens (tertiary/aromatic N) is 1. The minimum absolute atomic E-state index is 0.258. The van der Waals surface area contributed by atoms with E-state index in [9.17, 15) is 9.59 Å². The van der Waals surface area contributed by atoms with Gasteiger partial charge in [-0.1, -0.05) is 50.2 Å². The molecule has 0 unspecified atom stereocenters. The molecule has 0 fully saturated rings. The largest absolute Gasteiger partial charge is 0.274 e. The molecule has 0 atom stereocenters. The molecule has 0 heterocycles. The summed E-state index contributed by atoms with van der Waals surface area (Å²) in [5, 5.41) is 0. The van der Waals surface area contributed by atoms with E-state index < -0.39 is 0 Å². The highest BCUT2D eigenvalue weighted by Gasteiger charge is 2.22. The van der Waals surface area contributed by atoms with Crippen molar-refractivity contribution >= 4 is 29.3 Å². The lowest BCUT2D eigenvalue weighted by Gasteiger charge is -2.23. The molecule has 0 aliphatic rings. The second-order valence-electron chi connectivity index (χ2n) is 5.58. The van der Waals surface area contributed by atoms with Gasteiger partial charge in [-0.3, -0.25) is 9.59 Å². The second kappa shape index (κ2) is 10.0. The van der Waals surface area contributed by atoms with Gasteiger partial charge in [-0.05, 0) is 36.6 Å². The van der Waals surface area contributed by atoms with Gasteiger partial charge in [-0.15, -0.1) is 11.8 Å². The monoisotopic (exact) mass is 357 g/mol. The lowest BCUT2D eigenvalue weighted by Crippen LogP contribution is -2.34. The number of hydrogen-bond acceptors (Lipinski definition) is 3. The van der Waals surface area contributed by atoms with E-state index in [-0.39, 0.29) is 11.8 Å². The Kier molecular flexibility index (Phi) is 8.42. The predicted octanol–water partition coefficient (Wildman–Crippen LogP) is 5.52. The van der Waals surface area contributed by atoms with Crippen LogP contribution in [0.4, 0.5) is 5.69 Å². The molecule has 0 bridgehead atoms. The minimum Gasteiger partial charge on any atom is -0.274 e. The number of hydrogen-bond donors (Lipinski definition) is 0. The molecular weight excluding hydrogens is 330 g/mol. The summed E-state index contributed by atoms with van der Waals surface area (Å²) in [5.74, 6) is 0.275. The first-order chi connectivity index (χ1) is 11.9. The first-order valence-corrected chi connectivity index (χ1v) is 9.48. The van der Waals surface area contributed by atoms with Crippen LogP contribution in [-0.4, -0.2) is 11.8 Å². The molecule has 0 spiro atoms. The summed E-state index contributed by atoms with van der Waals surface area (Å²) in [7, 11) is 0. The van der Waals surface area contributed by atoms with Gasteiger partial charge in [0.15, 0.2) is 0 Å². The number of amides is 2. The summed E-state index contributed by atoms with van der Waals surface area (Å²) in [6.45, 7) is 10.8. The lowest BCUT2D eigenvalue weighted by molar-refractivity contribution is -0.124. The van der Waals surface area contributed by atoms with E-state index in [2.05, 4.69) is 12.1 Å². The van der Waals surface area contributed by atoms with Crippen molar-refractivity contribution < 1.29 is 9.59 Å². The van der Waals surface area contributed by atoms with Gasteiger partial charge >= 0.3 is 0 Å². The number of anilines is 1. The molecule has 0 aliphatic carbocycles. The third-order valence-electron chi connectivity index (χ3n) is 3.50. The molecule has 0 aromatic heterocycles. The Morgan fingerprint density at radius 2 is 1.52 bits per heavy atom. The van der Waals surface area contributed by atoms with Crippen molar-refractivity contribution in [1.29, 1.82) is 0 Å². The second-order valence-corrected chi connectivity index (χ2v) is 6.59. The van der Waals surface area contributed by atoms with Gasteiger partial charge in [0.1, 0.15) is 0 Å². The number of aryl methyl sites for hydroxylation is 2. The van der Waals surface area contributed by atoms with Gasteiger partial charge in [-0.2, -0.15) is 0 Å². The van der Waals surface area contributed by atoms with E-state index in [1.807, 2.05) is 58.0 Å². The summed E-state index contributed by atoms with van der Waals surface area (Å²) >= 11 is 1.65. The van der Waals surface area contributed by atoms with Crippen LogP contribution in [0.3, 0.4) is 0 Å². The Balaban J connectivity index is 0.00000151. The van der Waals surface area contributed by atoms with E-state index in [0.29, 0.717) is 5.69 Å². The highest BCUT2D eigenvalue weighted by Crippen LogP contribution is 2.36. The highest BCUT2D eigenvalue weighted by atomic mass is 32.2. The average Bonchev–Trinajstić information content (AvgIpc) is 2.57. The molecule has 3 nitrogen and oxygen atoms in total. The number of imide groups is 1. The molecule has 134 valence electrons. The predicted molar refractivity (Wildman–Crippen MR) is 107 cm³/mol. The molecule has 2 amide bonds. The Morgan fingerprint density at radius 1 is 0.960 bits per heavy atom. The van der Waals surface area contributed by atoms with Crippen LogP contribution in [0.2, 0.25) is 0 Å². The van der Waals surface area contributed by atoms with Gasteiger partial charge in [0, 0.05) is 24.5 Å². The standard InChI is InChI=1S/C19H21NO2S.C2H6/c1-13-10-14(2)19(20(15(3)21)16(4)22)18(11-13)23-12-17-8-6-5-7-9-17;1-2/h5-11H,12H2,1-4H3;1-2H3. The van der Waals surface area contributed by atoms with Crippen molar-refractivity contribution in [2.75, 3.05) is 4.90 Å². The third-order valence-corrected chi connectivity index (χ3v) is 4.60. The number of rotatable bonds is 4. The Labute approximate surface area is 155 Å². The van der Waals surface area contributed by atoms with Crippen molar-refractivity contribution in [1.82, 2.24) is 0 Å². The van der Waals surface area contributed by atoms with Crippen molar-refractivity contribution in [3.63, 3.8) is 0 Å². The van der Waals surface area contributed by atoms with Crippen LogP contribution < -0.4 is 4.90 Å². The molecule has 0 radical (unpaired) electrons. The smallest absolute Gasteiger partial charge is 0.230 e. The van der Waals surface area contributed by atoms with Crippen LogP contribution in [0.25, 0.3) is 0 Å². The fourth-order valence-corrected chi connectivity index (χ4v) is 3.76. The van der Waals surface area contributed by atoms with E-state index >= 15 is 0 Å². The number of carbonyl (C=O) groups is 2. The Bertz CT molecular complexity index is 712. The molecule has 0 aliphatic heterocycles. The molecule has 0 saturated carbocycles. The molecule has 2 aromatic carbocycles. The van der Waals surface area contributed by atoms with Crippen LogP contribution in [0.1, 0.15) is 44.4 Å². The first kappa shape index (κ1) is 21.0. The maximum Gasteiger partial charge on any atom is 0.230 e. The van der Waals surface area contributed by atoms with E-state index in [1.54, 1.807) is 11.8 Å². The molecular formula is C21H27NO2S.